The Kier molecular flexibility index (Phi) is 7.83. The molecule has 1 unspecified atom stereocenters. The van der Waals surface area contributed by atoms with Gasteiger partial charge in [0.25, 0.3) is 0 Å². The zero-order valence-corrected chi connectivity index (χ0v) is 18.7. The Hall–Kier alpha value is -0.0800. The van der Waals surface area contributed by atoms with Gasteiger partial charge in [-0.05, 0) is 46.7 Å². The second kappa shape index (κ2) is 9.22. The van der Waals surface area contributed by atoms with Crippen LogP contribution in [-0.4, -0.2) is 74.8 Å². The molecule has 2 saturated heterocycles. The van der Waals surface area contributed by atoms with E-state index in [1.54, 1.807) is 0 Å². The molecule has 0 amide bonds. The van der Waals surface area contributed by atoms with E-state index in [1.165, 1.54) is 44.9 Å². The lowest BCUT2D eigenvalue weighted by atomic mass is 9.81. The average molecular weight is 464 g/mol. The lowest BCUT2D eigenvalue weighted by Crippen LogP contribution is -2.50. The van der Waals surface area contributed by atoms with Gasteiger partial charge in [-0.25, -0.2) is 0 Å². The second-order valence-corrected chi connectivity index (χ2v) is 8.32. The lowest BCUT2D eigenvalue weighted by Gasteiger charge is -2.42. The number of hydrogen-bond donors (Lipinski definition) is 1. The Balaban J connectivity index is 0.00000225. The van der Waals surface area contributed by atoms with Crippen LogP contribution < -0.4 is 5.32 Å². The van der Waals surface area contributed by atoms with E-state index >= 15 is 0 Å². The second-order valence-electron chi connectivity index (χ2n) is 8.32. The number of nitrogens with zero attached hydrogens (tertiary/aromatic N) is 3. The maximum Gasteiger partial charge on any atom is 0.194 e. The van der Waals surface area contributed by atoms with Crippen LogP contribution in [0.2, 0.25) is 0 Å². The van der Waals surface area contributed by atoms with E-state index in [0.29, 0.717) is 5.41 Å². The normalized spacial score (nSPS) is 29.3. The molecule has 1 N–H and O–H groups in total. The van der Waals surface area contributed by atoms with Crippen LogP contribution in [0.3, 0.4) is 0 Å². The van der Waals surface area contributed by atoms with Crippen molar-refractivity contribution in [2.45, 2.75) is 57.4 Å². The molecule has 0 aromatic heterocycles. The van der Waals surface area contributed by atoms with E-state index in [2.05, 4.69) is 36.1 Å². The number of aliphatic imine (C=N–C) groups is 1. The van der Waals surface area contributed by atoms with E-state index in [9.17, 15) is 0 Å². The van der Waals surface area contributed by atoms with Gasteiger partial charge in [0.2, 0.25) is 0 Å². The van der Waals surface area contributed by atoms with Crippen molar-refractivity contribution in [1.29, 1.82) is 0 Å². The molecule has 3 fully saturated rings. The summed E-state index contributed by atoms with van der Waals surface area (Å²) >= 11 is 0. The topological polar surface area (TPSA) is 40.1 Å². The highest BCUT2D eigenvalue weighted by molar-refractivity contribution is 14.0. The Labute approximate surface area is 171 Å². The molecule has 6 heteroatoms. The number of halogens is 1. The summed E-state index contributed by atoms with van der Waals surface area (Å²) < 4.78 is 5.68. The maximum absolute atomic E-state index is 5.68. The molecule has 3 rings (SSSR count). The van der Waals surface area contributed by atoms with Gasteiger partial charge in [-0.15, -0.1) is 24.0 Å². The van der Waals surface area contributed by atoms with Gasteiger partial charge < -0.3 is 19.9 Å². The van der Waals surface area contributed by atoms with Crippen molar-refractivity contribution in [2.24, 2.45) is 10.4 Å². The van der Waals surface area contributed by atoms with Gasteiger partial charge in [-0.3, -0.25) is 4.99 Å². The lowest BCUT2D eigenvalue weighted by molar-refractivity contribution is 0.109. The minimum absolute atomic E-state index is 0. The third-order valence-corrected chi connectivity index (χ3v) is 6.51. The van der Waals surface area contributed by atoms with Crippen molar-refractivity contribution in [3.63, 3.8) is 0 Å². The van der Waals surface area contributed by atoms with Crippen molar-refractivity contribution in [3.05, 3.63) is 0 Å². The molecule has 1 spiro atoms. The average Bonchev–Trinajstić information content (AvgIpc) is 3.22. The van der Waals surface area contributed by atoms with E-state index in [4.69, 9.17) is 9.73 Å². The SMILES string of the molecule is CCNC(=NCC1(N(C)C)CCCCC1)N1CCC2(CCOC2)C1.I. The Morgan fingerprint density at radius 1 is 1.16 bits per heavy atom. The van der Waals surface area contributed by atoms with E-state index in [1.807, 2.05) is 0 Å². The van der Waals surface area contributed by atoms with Crippen LogP contribution in [0, 0.1) is 5.41 Å². The van der Waals surface area contributed by atoms with Crippen molar-refractivity contribution in [2.75, 3.05) is 53.5 Å². The highest BCUT2D eigenvalue weighted by atomic mass is 127. The third kappa shape index (κ3) is 4.80. The highest BCUT2D eigenvalue weighted by Crippen LogP contribution is 2.38. The first-order valence-corrected chi connectivity index (χ1v) is 9.88. The fourth-order valence-electron chi connectivity index (χ4n) is 4.69. The van der Waals surface area contributed by atoms with Crippen LogP contribution in [0.5, 0.6) is 0 Å². The van der Waals surface area contributed by atoms with Crippen LogP contribution in [0.25, 0.3) is 0 Å². The number of guanidine groups is 1. The first-order valence-electron chi connectivity index (χ1n) is 9.88. The minimum atomic E-state index is 0. The summed E-state index contributed by atoms with van der Waals surface area (Å²) in [5.74, 6) is 1.12. The quantitative estimate of drug-likeness (QED) is 0.395. The largest absolute Gasteiger partial charge is 0.381 e. The summed E-state index contributed by atoms with van der Waals surface area (Å²) in [6, 6.07) is 0. The molecule has 2 aliphatic heterocycles. The molecule has 1 aliphatic carbocycles. The molecule has 2 heterocycles. The highest BCUT2D eigenvalue weighted by Gasteiger charge is 2.42. The molecule has 1 atom stereocenters. The zero-order valence-electron chi connectivity index (χ0n) is 16.4. The first kappa shape index (κ1) is 21.2. The van der Waals surface area contributed by atoms with Crippen LogP contribution in [-0.2, 0) is 4.74 Å². The smallest absolute Gasteiger partial charge is 0.194 e. The van der Waals surface area contributed by atoms with Gasteiger partial charge in [0.15, 0.2) is 5.96 Å². The minimum Gasteiger partial charge on any atom is -0.381 e. The molecule has 1 saturated carbocycles. The molecule has 25 heavy (non-hydrogen) atoms. The Bertz CT molecular complexity index is 443. The predicted molar refractivity (Wildman–Crippen MR) is 115 cm³/mol. The van der Waals surface area contributed by atoms with Crippen LogP contribution in [0.1, 0.15) is 51.9 Å². The summed E-state index contributed by atoms with van der Waals surface area (Å²) in [5, 5.41) is 3.54. The monoisotopic (exact) mass is 464 g/mol. The number of nitrogens with one attached hydrogen (secondary N) is 1. The Morgan fingerprint density at radius 3 is 2.52 bits per heavy atom. The van der Waals surface area contributed by atoms with Gasteiger partial charge in [0.05, 0.1) is 13.2 Å². The summed E-state index contributed by atoms with van der Waals surface area (Å²) in [6.45, 7) is 8.12. The first-order chi connectivity index (χ1) is 11.6. The molecular weight excluding hydrogens is 427 g/mol. The maximum atomic E-state index is 5.68. The van der Waals surface area contributed by atoms with E-state index in [-0.39, 0.29) is 29.5 Å². The molecule has 146 valence electrons. The van der Waals surface area contributed by atoms with Gasteiger partial charge in [-0.1, -0.05) is 19.3 Å². The number of rotatable bonds is 4. The van der Waals surface area contributed by atoms with Gasteiger partial charge in [-0.2, -0.15) is 0 Å². The predicted octanol–water partition coefficient (Wildman–Crippen LogP) is 2.95. The van der Waals surface area contributed by atoms with Crippen LogP contribution >= 0.6 is 24.0 Å². The van der Waals surface area contributed by atoms with E-state index < -0.39 is 0 Å². The molecule has 3 aliphatic rings. The molecule has 0 radical (unpaired) electrons. The summed E-state index contributed by atoms with van der Waals surface area (Å²) in [7, 11) is 4.46. The molecule has 0 aromatic carbocycles. The summed E-state index contributed by atoms with van der Waals surface area (Å²) in [6.07, 6.45) is 9.08. The van der Waals surface area contributed by atoms with Crippen molar-refractivity contribution >= 4 is 29.9 Å². The zero-order chi connectivity index (χ0) is 17.0. The van der Waals surface area contributed by atoms with Crippen LogP contribution in [0.15, 0.2) is 4.99 Å². The standard InChI is InChI=1S/C19H36N4O.HI/c1-4-20-17(23-12-10-18(15-23)11-13-24-16-18)21-14-19(22(2)3)8-6-5-7-9-19;/h4-16H2,1-3H3,(H,20,21);1H. The summed E-state index contributed by atoms with van der Waals surface area (Å²) in [4.78, 5) is 10.0. The fourth-order valence-corrected chi connectivity index (χ4v) is 4.69. The third-order valence-electron chi connectivity index (χ3n) is 6.51. The van der Waals surface area contributed by atoms with Crippen LogP contribution in [0.4, 0.5) is 0 Å². The van der Waals surface area contributed by atoms with Crippen molar-refractivity contribution < 1.29 is 4.74 Å². The van der Waals surface area contributed by atoms with Crippen molar-refractivity contribution in [1.82, 2.24) is 15.1 Å². The fraction of sp³-hybridized carbons (Fsp3) is 0.947. The number of hydrogen-bond acceptors (Lipinski definition) is 3. The molecular formula is C19H37IN4O. The molecule has 5 nitrogen and oxygen atoms in total. The number of ether oxygens (including phenoxy) is 1. The van der Waals surface area contributed by atoms with E-state index in [0.717, 1.165) is 45.4 Å². The number of likely N-dealkylation sites (N-methyl/N-ethyl adjacent to an activating group) is 1. The molecule has 0 bridgehead atoms. The van der Waals surface area contributed by atoms with Gasteiger partial charge in [0, 0.05) is 37.2 Å². The van der Waals surface area contributed by atoms with Crippen molar-refractivity contribution in [3.8, 4) is 0 Å². The Morgan fingerprint density at radius 2 is 1.92 bits per heavy atom. The number of likely N-dealkylation sites (tertiary alicyclic amines) is 1. The molecule has 0 aromatic rings. The van der Waals surface area contributed by atoms with Gasteiger partial charge >= 0.3 is 0 Å². The van der Waals surface area contributed by atoms with Gasteiger partial charge in [0.1, 0.15) is 0 Å². The summed E-state index contributed by atoms with van der Waals surface area (Å²) in [5.41, 5.74) is 0.646.